The van der Waals surface area contributed by atoms with Crippen LogP contribution in [0.5, 0.6) is 0 Å². The monoisotopic (exact) mass is 223 g/mol. The summed E-state index contributed by atoms with van der Waals surface area (Å²) < 4.78 is 4.96. The van der Waals surface area contributed by atoms with Crippen LogP contribution in [0.4, 0.5) is 0 Å². The minimum absolute atomic E-state index is 0.556. The number of benzene rings is 1. The molecule has 3 heteroatoms. The van der Waals surface area contributed by atoms with Crippen molar-refractivity contribution in [2.75, 3.05) is 26.8 Å². The van der Waals surface area contributed by atoms with E-state index in [1.807, 2.05) is 37.3 Å². The van der Waals surface area contributed by atoms with Crippen LogP contribution < -0.4 is 5.32 Å². The molecule has 2 N–H and O–H groups in total. The highest BCUT2D eigenvalue weighted by Crippen LogP contribution is 2.18. The maximum Gasteiger partial charge on any atom is 0.0992 e. The number of hydrogen-bond acceptors (Lipinski definition) is 3. The van der Waals surface area contributed by atoms with E-state index >= 15 is 0 Å². The number of aliphatic hydroxyl groups is 1. The molecular formula is C13H21NO2. The Labute approximate surface area is 97.4 Å². The maximum absolute atomic E-state index is 10.2. The zero-order valence-corrected chi connectivity index (χ0v) is 10.1. The van der Waals surface area contributed by atoms with Crippen LogP contribution in [0.1, 0.15) is 18.9 Å². The standard InChI is InChI=1S/C13H21NO2/c1-13(15,11-14-9-6-10-16-2)12-7-4-3-5-8-12/h3-5,7-8,14-15H,6,9-11H2,1-2H3/t13-/m0/s1. The second kappa shape index (κ2) is 6.63. The smallest absolute Gasteiger partial charge is 0.0992 e. The molecule has 1 rings (SSSR count). The first-order valence-electron chi connectivity index (χ1n) is 5.64. The molecule has 1 atom stereocenters. The first-order valence-corrected chi connectivity index (χ1v) is 5.64. The van der Waals surface area contributed by atoms with Gasteiger partial charge in [0.05, 0.1) is 5.60 Å². The van der Waals surface area contributed by atoms with E-state index in [4.69, 9.17) is 4.74 Å². The molecular weight excluding hydrogens is 202 g/mol. The summed E-state index contributed by atoms with van der Waals surface area (Å²) in [4.78, 5) is 0. The molecule has 0 saturated heterocycles. The van der Waals surface area contributed by atoms with Crippen molar-refractivity contribution in [3.05, 3.63) is 35.9 Å². The van der Waals surface area contributed by atoms with Crippen molar-refractivity contribution in [1.82, 2.24) is 5.32 Å². The molecule has 0 radical (unpaired) electrons. The minimum Gasteiger partial charge on any atom is -0.385 e. The number of hydrogen-bond donors (Lipinski definition) is 2. The summed E-state index contributed by atoms with van der Waals surface area (Å²) in [7, 11) is 1.69. The van der Waals surface area contributed by atoms with E-state index in [2.05, 4.69) is 5.32 Å². The Bertz CT molecular complexity index is 285. The van der Waals surface area contributed by atoms with E-state index in [0.29, 0.717) is 6.54 Å². The highest BCUT2D eigenvalue weighted by molar-refractivity contribution is 5.21. The molecule has 3 nitrogen and oxygen atoms in total. The van der Waals surface area contributed by atoms with Crippen LogP contribution in [0.3, 0.4) is 0 Å². The topological polar surface area (TPSA) is 41.5 Å². The van der Waals surface area contributed by atoms with E-state index in [9.17, 15) is 5.11 Å². The van der Waals surface area contributed by atoms with Crippen LogP contribution in [0.25, 0.3) is 0 Å². The van der Waals surface area contributed by atoms with E-state index < -0.39 is 5.60 Å². The number of methoxy groups -OCH3 is 1. The van der Waals surface area contributed by atoms with Gasteiger partial charge in [-0.25, -0.2) is 0 Å². The van der Waals surface area contributed by atoms with Gasteiger partial charge in [-0.05, 0) is 25.5 Å². The summed E-state index contributed by atoms with van der Waals surface area (Å²) in [5.41, 5.74) is 0.128. The van der Waals surface area contributed by atoms with Gasteiger partial charge in [-0.3, -0.25) is 0 Å². The molecule has 0 heterocycles. The van der Waals surface area contributed by atoms with Gasteiger partial charge in [0.25, 0.3) is 0 Å². The lowest BCUT2D eigenvalue weighted by Gasteiger charge is -2.24. The van der Waals surface area contributed by atoms with Gasteiger partial charge in [0.2, 0.25) is 0 Å². The molecule has 0 fully saturated rings. The molecule has 1 aromatic carbocycles. The molecule has 0 unspecified atom stereocenters. The lowest BCUT2D eigenvalue weighted by atomic mass is 9.96. The number of nitrogens with one attached hydrogen (secondary N) is 1. The molecule has 0 aliphatic carbocycles. The Morgan fingerprint density at radius 3 is 2.62 bits per heavy atom. The van der Waals surface area contributed by atoms with Gasteiger partial charge in [-0.2, -0.15) is 0 Å². The fraction of sp³-hybridized carbons (Fsp3) is 0.538. The summed E-state index contributed by atoms with van der Waals surface area (Å²) in [6, 6.07) is 9.71. The van der Waals surface area contributed by atoms with Crippen LogP contribution in [0.2, 0.25) is 0 Å². The zero-order chi connectivity index (χ0) is 11.9. The Morgan fingerprint density at radius 2 is 2.00 bits per heavy atom. The van der Waals surface area contributed by atoms with Crippen LogP contribution in [-0.2, 0) is 10.3 Å². The van der Waals surface area contributed by atoms with Crippen molar-refractivity contribution in [3.63, 3.8) is 0 Å². The molecule has 0 saturated carbocycles. The van der Waals surface area contributed by atoms with Crippen LogP contribution in [0.15, 0.2) is 30.3 Å². The maximum atomic E-state index is 10.2. The van der Waals surface area contributed by atoms with E-state index in [0.717, 1.165) is 25.1 Å². The van der Waals surface area contributed by atoms with Crippen LogP contribution in [-0.4, -0.2) is 31.9 Å². The van der Waals surface area contributed by atoms with Gasteiger partial charge in [-0.15, -0.1) is 0 Å². The second-order valence-electron chi connectivity index (χ2n) is 4.16. The molecule has 0 spiro atoms. The van der Waals surface area contributed by atoms with Gasteiger partial charge in [0, 0.05) is 20.3 Å². The van der Waals surface area contributed by atoms with Crippen molar-refractivity contribution in [2.45, 2.75) is 18.9 Å². The first kappa shape index (κ1) is 13.2. The third-order valence-electron chi connectivity index (χ3n) is 2.57. The summed E-state index contributed by atoms with van der Waals surface area (Å²) in [6.45, 7) is 3.99. The lowest BCUT2D eigenvalue weighted by Crippen LogP contribution is -2.36. The van der Waals surface area contributed by atoms with Crippen molar-refractivity contribution < 1.29 is 9.84 Å². The van der Waals surface area contributed by atoms with Gasteiger partial charge in [-0.1, -0.05) is 30.3 Å². The van der Waals surface area contributed by atoms with E-state index in [1.54, 1.807) is 7.11 Å². The van der Waals surface area contributed by atoms with Crippen LogP contribution >= 0.6 is 0 Å². The number of rotatable bonds is 7. The quantitative estimate of drug-likeness (QED) is 0.689. The van der Waals surface area contributed by atoms with E-state index in [-0.39, 0.29) is 0 Å². The Morgan fingerprint density at radius 1 is 1.31 bits per heavy atom. The third-order valence-corrected chi connectivity index (χ3v) is 2.57. The zero-order valence-electron chi connectivity index (χ0n) is 10.1. The van der Waals surface area contributed by atoms with Crippen LogP contribution in [0, 0.1) is 0 Å². The minimum atomic E-state index is -0.811. The Balaban J connectivity index is 2.35. The van der Waals surface area contributed by atoms with Crippen molar-refractivity contribution in [2.24, 2.45) is 0 Å². The normalized spacial score (nSPS) is 14.7. The molecule has 1 aromatic rings. The Kier molecular flexibility index (Phi) is 5.46. The largest absolute Gasteiger partial charge is 0.385 e. The first-order chi connectivity index (χ1) is 7.67. The van der Waals surface area contributed by atoms with Crippen molar-refractivity contribution in [1.29, 1.82) is 0 Å². The fourth-order valence-electron chi connectivity index (χ4n) is 1.57. The Hall–Kier alpha value is -0.900. The fourth-order valence-corrected chi connectivity index (χ4v) is 1.57. The molecule has 90 valence electrons. The molecule has 0 aliphatic rings. The number of ether oxygens (including phenoxy) is 1. The van der Waals surface area contributed by atoms with Gasteiger partial charge < -0.3 is 15.2 Å². The van der Waals surface area contributed by atoms with Crippen molar-refractivity contribution in [3.8, 4) is 0 Å². The SMILES string of the molecule is COCCCNC[C@](C)(O)c1ccccc1. The second-order valence-corrected chi connectivity index (χ2v) is 4.16. The summed E-state index contributed by atoms with van der Waals surface area (Å²) in [5, 5.41) is 13.5. The molecule has 0 aromatic heterocycles. The summed E-state index contributed by atoms with van der Waals surface area (Å²) in [5.74, 6) is 0. The molecule has 0 bridgehead atoms. The molecule has 0 aliphatic heterocycles. The molecule has 0 amide bonds. The average Bonchev–Trinajstić information content (AvgIpc) is 2.30. The molecule has 16 heavy (non-hydrogen) atoms. The van der Waals surface area contributed by atoms with Gasteiger partial charge in [0.1, 0.15) is 0 Å². The average molecular weight is 223 g/mol. The predicted molar refractivity (Wildman–Crippen MR) is 65.4 cm³/mol. The lowest BCUT2D eigenvalue weighted by molar-refractivity contribution is 0.0564. The predicted octanol–water partition coefficient (Wildman–Crippen LogP) is 1.52. The third kappa shape index (κ3) is 4.31. The van der Waals surface area contributed by atoms with E-state index in [1.165, 1.54) is 0 Å². The summed E-state index contributed by atoms with van der Waals surface area (Å²) >= 11 is 0. The van der Waals surface area contributed by atoms with Gasteiger partial charge >= 0.3 is 0 Å². The van der Waals surface area contributed by atoms with Gasteiger partial charge in [0.15, 0.2) is 0 Å². The highest BCUT2D eigenvalue weighted by atomic mass is 16.5. The van der Waals surface area contributed by atoms with Crippen molar-refractivity contribution >= 4 is 0 Å². The highest BCUT2D eigenvalue weighted by Gasteiger charge is 2.21. The summed E-state index contributed by atoms with van der Waals surface area (Å²) in [6.07, 6.45) is 0.960.